The topological polar surface area (TPSA) is 92.3 Å². The van der Waals surface area contributed by atoms with Gasteiger partial charge in [0.2, 0.25) is 5.95 Å². The van der Waals surface area contributed by atoms with E-state index in [-0.39, 0.29) is 11.7 Å². The van der Waals surface area contributed by atoms with E-state index in [0.29, 0.717) is 30.2 Å². The van der Waals surface area contributed by atoms with Crippen molar-refractivity contribution in [2.24, 2.45) is 5.73 Å². The number of fused-ring (bicyclic) bond motifs is 1. The number of aromatic nitrogens is 3. The molecule has 132 valence electrons. The number of nitrogens with two attached hydrogens (primary N) is 1. The number of nitriles is 1. The van der Waals surface area contributed by atoms with Gasteiger partial charge < -0.3 is 10.6 Å². The largest absolute Gasteiger partial charge is 0.341 e. The minimum atomic E-state index is -0.165. The second-order valence-electron chi connectivity index (χ2n) is 6.63. The Morgan fingerprint density at radius 3 is 2.92 bits per heavy atom. The summed E-state index contributed by atoms with van der Waals surface area (Å²) in [6.07, 6.45) is 3.66. The highest BCUT2D eigenvalue weighted by atomic mass is 16.1. The lowest BCUT2D eigenvalue weighted by Gasteiger charge is -2.33. The molecule has 1 aliphatic rings. The van der Waals surface area contributed by atoms with Crippen LogP contribution in [0.5, 0.6) is 0 Å². The summed E-state index contributed by atoms with van der Waals surface area (Å²) >= 11 is 0. The molecule has 7 nitrogen and oxygen atoms in total. The van der Waals surface area contributed by atoms with Gasteiger partial charge in [-0.1, -0.05) is 18.2 Å². The predicted octanol–water partition coefficient (Wildman–Crippen LogP) is 1.34. The summed E-state index contributed by atoms with van der Waals surface area (Å²) < 4.78 is 3.17. The molecular weight excluding hydrogens is 328 g/mol. The molecule has 0 saturated carbocycles. The second kappa shape index (κ2) is 6.65. The molecule has 0 spiro atoms. The average molecular weight is 348 g/mol. The predicted molar refractivity (Wildman–Crippen MR) is 99.1 cm³/mol. The Morgan fingerprint density at radius 1 is 1.27 bits per heavy atom. The molecule has 1 aliphatic heterocycles. The molecule has 0 amide bonds. The zero-order valence-corrected chi connectivity index (χ0v) is 14.4. The lowest BCUT2D eigenvalue weighted by atomic mass is 10.1. The Labute approximate surface area is 150 Å². The third-order valence-electron chi connectivity index (χ3n) is 4.83. The van der Waals surface area contributed by atoms with Gasteiger partial charge in [-0.3, -0.25) is 8.97 Å². The van der Waals surface area contributed by atoms with Crippen molar-refractivity contribution >= 4 is 11.6 Å². The fourth-order valence-corrected chi connectivity index (χ4v) is 3.51. The van der Waals surface area contributed by atoms with Crippen molar-refractivity contribution < 1.29 is 0 Å². The van der Waals surface area contributed by atoms with Gasteiger partial charge in [0.25, 0.3) is 0 Å². The third-order valence-corrected chi connectivity index (χ3v) is 4.83. The molecule has 2 N–H and O–H groups in total. The maximum atomic E-state index is 13.1. The van der Waals surface area contributed by atoms with Crippen LogP contribution < -0.4 is 16.3 Å². The number of piperidine rings is 1. The van der Waals surface area contributed by atoms with Gasteiger partial charge in [0.1, 0.15) is 5.65 Å². The molecule has 7 heteroatoms. The molecular formula is C19H20N6O. The van der Waals surface area contributed by atoms with Gasteiger partial charge in [-0.15, -0.1) is 0 Å². The smallest absolute Gasteiger partial charge is 0.336 e. The van der Waals surface area contributed by atoms with Crippen LogP contribution in [-0.4, -0.2) is 33.1 Å². The Kier molecular flexibility index (Phi) is 4.19. The third kappa shape index (κ3) is 2.85. The minimum absolute atomic E-state index is 0.0727. The Morgan fingerprint density at radius 2 is 2.12 bits per heavy atom. The molecule has 0 unspecified atom stereocenters. The lowest BCUT2D eigenvalue weighted by Crippen LogP contribution is -2.46. The highest BCUT2D eigenvalue weighted by Gasteiger charge is 2.23. The summed E-state index contributed by atoms with van der Waals surface area (Å²) in [6.45, 7) is 1.78. The summed E-state index contributed by atoms with van der Waals surface area (Å²) in [5.41, 5.74) is 7.95. The maximum absolute atomic E-state index is 13.1. The van der Waals surface area contributed by atoms with E-state index in [9.17, 15) is 10.1 Å². The number of anilines is 1. The molecule has 1 aromatic carbocycles. The first-order chi connectivity index (χ1) is 12.7. The number of hydrogen-bond acceptors (Lipinski definition) is 5. The standard InChI is InChI=1S/C19H20N6O/c20-11-14-5-1-2-6-15(14)12-25-18(23-9-3-7-16(21)13-23)22-17-8-4-10-24(17)19(25)26/h1-2,4-6,8,10,16H,3,7,9,12-13,21H2/t16-/m1/s1. The fraction of sp³-hybridized carbons (Fsp3) is 0.316. The highest BCUT2D eigenvalue weighted by Crippen LogP contribution is 2.19. The normalized spacial score (nSPS) is 17.4. The van der Waals surface area contributed by atoms with E-state index >= 15 is 0 Å². The molecule has 1 atom stereocenters. The summed E-state index contributed by atoms with van der Waals surface area (Å²) in [6, 6.07) is 13.2. The van der Waals surface area contributed by atoms with Crippen LogP contribution in [-0.2, 0) is 6.54 Å². The first-order valence-corrected chi connectivity index (χ1v) is 8.74. The highest BCUT2D eigenvalue weighted by molar-refractivity contribution is 5.46. The molecule has 2 aromatic heterocycles. The number of rotatable bonds is 3. The molecule has 26 heavy (non-hydrogen) atoms. The average Bonchev–Trinajstić information content (AvgIpc) is 3.13. The first-order valence-electron chi connectivity index (χ1n) is 8.74. The molecule has 3 aromatic rings. The van der Waals surface area contributed by atoms with Crippen molar-refractivity contribution in [2.75, 3.05) is 18.0 Å². The van der Waals surface area contributed by atoms with Crippen molar-refractivity contribution in [3.8, 4) is 6.07 Å². The zero-order chi connectivity index (χ0) is 18.1. The SMILES string of the molecule is N#Cc1ccccc1Cn1c(N2CCC[C@@H](N)C2)nc2cccn2c1=O. The molecule has 1 saturated heterocycles. The maximum Gasteiger partial charge on any atom is 0.336 e. The molecule has 3 heterocycles. The number of hydrogen-bond donors (Lipinski definition) is 1. The van der Waals surface area contributed by atoms with Crippen LogP contribution in [0.2, 0.25) is 0 Å². The van der Waals surface area contributed by atoms with Gasteiger partial charge in [-0.2, -0.15) is 10.2 Å². The Hall–Kier alpha value is -3.11. The van der Waals surface area contributed by atoms with E-state index in [1.807, 2.05) is 30.3 Å². The van der Waals surface area contributed by atoms with Crippen molar-refractivity contribution in [2.45, 2.75) is 25.4 Å². The van der Waals surface area contributed by atoms with Crippen molar-refractivity contribution in [3.63, 3.8) is 0 Å². The van der Waals surface area contributed by atoms with Crippen molar-refractivity contribution in [1.82, 2.24) is 14.0 Å². The van der Waals surface area contributed by atoms with Gasteiger partial charge in [-0.05, 0) is 36.6 Å². The fourth-order valence-electron chi connectivity index (χ4n) is 3.51. The van der Waals surface area contributed by atoms with Crippen LogP contribution in [0.3, 0.4) is 0 Å². The van der Waals surface area contributed by atoms with Crippen LogP contribution in [0.25, 0.3) is 5.65 Å². The van der Waals surface area contributed by atoms with Gasteiger partial charge in [0.15, 0.2) is 0 Å². The monoisotopic (exact) mass is 348 g/mol. The minimum Gasteiger partial charge on any atom is -0.341 e. The van der Waals surface area contributed by atoms with E-state index in [1.165, 1.54) is 4.40 Å². The van der Waals surface area contributed by atoms with Gasteiger partial charge in [0, 0.05) is 25.3 Å². The Bertz CT molecular complexity index is 1040. The van der Waals surface area contributed by atoms with Crippen LogP contribution in [0.1, 0.15) is 24.0 Å². The molecule has 0 radical (unpaired) electrons. The van der Waals surface area contributed by atoms with Gasteiger partial charge in [0.05, 0.1) is 18.2 Å². The van der Waals surface area contributed by atoms with Crippen LogP contribution in [0.15, 0.2) is 47.4 Å². The van der Waals surface area contributed by atoms with Gasteiger partial charge >= 0.3 is 5.69 Å². The second-order valence-corrected chi connectivity index (χ2v) is 6.63. The summed E-state index contributed by atoms with van der Waals surface area (Å²) in [5, 5.41) is 9.37. The number of nitrogens with zero attached hydrogens (tertiary/aromatic N) is 5. The lowest BCUT2D eigenvalue weighted by molar-refractivity contribution is 0.489. The van der Waals surface area contributed by atoms with E-state index in [0.717, 1.165) is 24.9 Å². The first kappa shape index (κ1) is 16.4. The molecule has 0 bridgehead atoms. The van der Waals surface area contributed by atoms with Crippen LogP contribution in [0.4, 0.5) is 5.95 Å². The summed E-state index contributed by atoms with van der Waals surface area (Å²) in [5.74, 6) is 0.615. The number of benzene rings is 1. The van der Waals surface area contributed by atoms with Crippen LogP contribution in [0, 0.1) is 11.3 Å². The Balaban J connectivity index is 1.86. The van der Waals surface area contributed by atoms with Crippen molar-refractivity contribution in [3.05, 3.63) is 64.2 Å². The summed E-state index contributed by atoms with van der Waals surface area (Å²) in [7, 11) is 0. The molecule has 0 aliphatic carbocycles. The van der Waals surface area contributed by atoms with E-state index in [1.54, 1.807) is 16.8 Å². The van der Waals surface area contributed by atoms with Crippen LogP contribution >= 0.6 is 0 Å². The zero-order valence-electron chi connectivity index (χ0n) is 14.4. The van der Waals surface area contributed by atoms with Gasteiger partial charge in [-0.25, -0.2) is 4.79 Å². The molecule has 1 fully saturated rings. The van der Waals surface area contributed by atoms with E-state index < -0.39 is 0 Å². The van der Waals surface area contributed by atoms with Crippen molar-refractivity contribution in [1.29, 1.82) is 5.26 Å². The quantitative estimate of drug-likeness (QED) is 0.771. The summed E-state index contributed by atoms with van der Waals surface area (Å²) in [4.78, 5) is 19.9. The van der Waals surface area contributed by atoms with E-state index in [4.69, 9.17) is 10.7 Å². The molecule has 4 rings (SSSR count). The van der Waals surface area contributed by atoms with E-state index in [2.05, 4.69) is 11.0 Å².